The van der Waals surface area contributed by atoms with Crippen LogP contribution in [0.1, 0.15) is 6.23 Å². The van der Waals surface area contributed by atoms with Gasteiger partial charge < -0.3 is 24.7 Å². The molecule has 0 bridgehead atoms. The molecule has 1 aromatic rings. The maximum Gasteiger partial charge on any atom is 0.351 e. The Bertz CT molecular complexity index is 451. The molecule has 0 fully saturated rings. The summed E-state index contributed by atoms with van der Waals surface area (Å²) in [6.45, 7) is 0.976. The molecule has 2 N–H and O–H groups in total. The fourth-order valence-corrected chi connectivity index (χ4v) is 1.67. The van der Waals surface area contributed by atoms with Crippen LogP contribution < -0.4 is 11.4 Å². The minimum absolute atomic E-state index is 0.155. The van der Waals surface area contributed by atoms with Gasteiger partial charge in [0.2, 0.25) is 0 Å². The Labute approximate surface area is 117 Å². The molecule has 0 saturated carbocycles. The van der Waals surface area contributed by atoms with E-state index in [9.17, 15) is 4.79 Å². The Kier molecular flexibility index (Phi) is 7.16. The molecule has 1 aromatic heterocycles. The zero-order chi connectivity index (χ0) is 15.0. The van der Waals surface area contributed by atoms with Crippen LogP contribution >= 0.6 is 0 Å². The monoisotopic (exact) mass is 287 g/mol. The molecule has 0 unspecified atom stereocenters. The van der Waals surface area contributed by atoms with Crippen molar-refractivity contribution >= 4 is 5.82 Å². The molecular formula is C12H21N3O5. The van der Waals surface area contributed by atoms with Crippen LogP contribution in [0.3, 0.4) is 0 Å². The van der Waals surface area contributed by atoms with Crippen LogP contribution in [0.5, 0.6) is 0 Å². The van der Waals surface area contributed by atoms with Gasteiger partial charge in [0.25, 0.3) is 0 Å². The molecule has 1 heterocycles. The lowest BCUT2D eigenvalue weighted by Gasteiger charge is -2.27. The second-order valence-corrected chi connectivity index (χ2v) is 4.03. The predicted molar refractivity (Wildman–Crippen MR) is 72.4 cm³/mol. The smallest absolute Gasteiger partial charge is 0.351 e. The Morgan fingerprint density at radius 2 is 2.05 bits per heavy atom. The lowest BCUT2D eigenvalue weighted by atomic mass is 10.3. The Hall–Kier alpha value is -1.48. The maximum atomic E-state index is 11.9. The highest BCUT2D eigenvalue weighted by Gasteiger charge is 2.25. The van der Waals surface area contributed by atoms with Crippen LogP contribution in [-0.4, -0.2) is 56.8 Å². The van der Waals surface area contributed by atoms with Gasteiger partial charge in [0.1, 0.15) is 11.9 Å². The van der Waals surface area contributed by atoms with E-state index in [-0.39, 0.29) is 12.4 Å². The van der Waals surface area contributed by atoms with Crippen LogP contribution in [-0.2, 0) is 18.9 Å². The molecule has 0 saturated heterocycles. The molecule has 0 radical (unpaired) electrons. The molecule has 8 heteroatoms. The van der Waals surface area contributed by atoms with E-state index in [4.69, 9.17) is 24.7 Å². The molecule has 0 spiro atoms. The summed E-state index contributed by atoms with van der Waals surface area (Å²) in [4.78, 5) is 15.6. The van der Waals surface area contributed by atoms with E-state index < -0.39 is 18.0 Å². The molecular weight excluding hydrogens is 266 g/mol. The van der Waals surface area contributed by atoms with Crippen LogP contribution in [0.15, 0.2) is 17.1 Å². The van der Waals surface area contributed by atoms with E-state index >= 15 is 0 Å². The van der Waals surface area contributed by atoms with Gasteiger partial charge in [-0.25, -0.2) is 4.79 Å². The third-order valence-corrected chi connectivity index (χ3v) is 2.65. The Morgan fingerprint density at radius 3 is 2.60 bits per heavy atom. The molecule has 0 aliphatic heterocycles. The summed E-state index contributed by atoms with van der Waals surface area (Å²) in [7, 11) is 4.63. The predicted octanol–water partition coefficient (Wildman–Crippen LogP) is -0.351. The van der Waals surface area contributed by atoms with E-state index in [1.807, 2.05) is 0 Å². The Morgan fingerprint density at radius 1 is 1.30 bits per heavy atom. The van der Waals surface area contributed by atoms with Crippen molar-refractivity contribution in [1.29, 1.82) is 0 Å². The SMILES string of the molecule is COCCO[C@H]([C@@H](COC)OC)n1ccc(N)nc1=O. The lowest BCUT2D eigenvalue weighted by Crippen LogP contribution is -2.39. The molecule has 2 atom stereocenters. The second kappa shape index (κ2) is 8.64. The molecule has 0 aromatic carbocycles. The van der Waals surface area contributed by atoms with Gasteiger partial charge in [0.05, 0.1) is 19.8 Å². The number of nitrogen functional groups attached to an aromatic ring is 1. The summed E-state index contributed by atoms with van der Waals surface area (Å²) < 4.78 is 22.3. The molecule has 8 nitrogen and oxygen atoms in total. The van der Waals surface area contributed by atoms with Crippen molar-refractivity contribution in [2.24, 2.45) is 0 Å². The van der Waals surface area contributed by atoms with E-state index in [0.717, 1.165) is 0 Å². The lowest BCUT2D eigenvalue weighted by molar-refractivity contribution is -0.126. The van der Waals surface area contributed by atoms with Gasteiger partial charge in [0, 0.05) is 27.5 Å². The normalized spacial score (nSPS) is 14.2. The van der Waals surface area contributed by atoms with E-state index in [1.165, 1.54) is 23.9 Å². The molecule has 0 aliphatic carbocycles. The molecule has 0 amide bonds. The van der Waals surface area contributed by atoms with Crippen molar-refractivity contribution in [3.63, 3.8) is 0 Å². The van der Waals surface area contributed by atoms with Crippen molar-refractivity contribution in [2.45, 2.75) is 12.3 Å². The molecule has 0 aliphatic rings. The summed E-state index contributed by atoms with van der Waals surface area (Å²) in [5.74, 6) is 0.155. The average molecular weight is 287 g/mol. The van der Waals surface area contributed by atoms with Crippen LogP contribution in [0.4, 0.5) is 5.82 Å². The molecule has 1 rings (SSSR count). The number of ether oxygens (including phenoxy) is 4. The van der Waals surface area contributed by atoms with E-state index in [1.54, 1.807) is 14.2 Å². The number of rotatable bonds is 9. The summed E-state index contributed by atoms with van der Waals surface area (Å²) in [5, 5.41) is 0. The highest BCUT2D eigenvalue weighted by Crippen LogP contribution is 2.15. The number of aromatic nitrogens is 2. The number of nitrogens with two attached hydrogens (primary N) is 1. The summed E-state index contributed by atoms with van der Waals surface area (Å²) >= 11 is 0. The number of hydrogen-bond donors (Lipinski definition) is 1. The van der Waals surface area contributed by atoms with Gasteiger partial charge in [-0.3, -0.25) is 4.57 Å². The topological polar surface area (TPSA) is 97.8 Å². The van der Waals surface area contributed by atoms with Crippen LogP contribution in [0.25, 0.3) is 0 Å². The first kappa shape index (κ1) is 16.6. The standard InChI is InChI=1S/C12H21N3O5/c1-17-6-7-20-11(9(19-3)8-18-2)15-5-4-10(13)14-12(15)16/h4-5,9,11H,6-8H2,1-3H3,(H2,13,14,16)/t9-,11-/m1/s1. The van der Waals surface area contributed by atoms with Crippen molar-refractivity contribution in [1.82, 2.24) is 9.55 Å². The van der Waals surface area contributed by atoms with Gasteiger partial charge in [-0.1, -0.05) is 0 Å². The van der Waals surface area contributed by atoms with Gasteiger partial charge in [0.15, 0.2) is 6.23 Å². The summed E-state index contributed by atoms with van der Waals surface area (Å²) in [5.41, 5.74) is 4.97. The van der Waals surface area contributed by atoms with Gasteiger partial charge in [-0.2, -0.15) is 4.98 Å². The number of methoxy groups -OCH3 is 3. The maximum absolute atomic E-state index is 11.9. The first-order chi connectivity index (χ1) is 9.63. The zero-order valence-corrected chi connectivity index (χ0v) is 11.9. The second-order valence-electron chi connectivity index (χ2n) is 4.03. The van der Waals surface area contributed by atoms with Crippen molar-refractivity contribution in [3.8, 4) is 0 Å². The third kappa shape index (κ3) is 4.57. The quantitative estimate of drug-likeness (QED) is 0.620. The molecule has 114 valence electrons. The number of hydrogen-bond acceptors (Lipinski definition) is 7. The summed E-state index contributed by atoms with van der Waals surface area (Å²) in [6.07, 6.45) is 0.389. The highest BCUT2D eigenvalue weighted by atomic mass is 16.6. The fraction of sp³-hybridized carbons (Fsp3) is 0.667. The average Bonchev–Trinajstić information content (AvgIpc) is 2.43. The minimum atomic E-state index is -0.671. The number of nitrogens with zero attached hydrogens (tertiary/aromatic N) is 2. The third-order valence-electron chi connectivity index (χ3n) is 2.65. The van der Waals surface area contributed by atoms with Gasteiger partial charge >= 0.3 is 5.69 Å². The van der Waals surface area contributed by atoms with Crippen molar-refractivity contribution < 1.29 is 18.9 Å². The first-order valence-corrected chi connectivity index (χ1v) is 6.11. The number of anilines is 1. The van der Waals surface area contributed by atoms with E-state index in [2.05, 4.69) is 4.98 Å². The van der Waals surface area contributed by atoms with Crippen LogP contribution in [0, 0.1) is 0 Å². The summed E-state index contributed by atoms with van der Waals surface area (Å²) in [6, 6.07) is 1.52. The van der Waals surface area contributed by atoms with Gasteiger partial charge in [-0.15, -0.1) is 0 Å². The van der Waals surface area contributed by atoms with Gasteiger partial charge in [-0.05, 0) is 6.07 Å². The van der Waals surface area contributed by atoms with Crippen LogP contribution in [0.2, 0.25) is 0 Å². The largest absolute Gasteiger partial charge is 0.383 e. The minimum Gasteiger partial charge on any atom is -0.383 e. The first-order valence-electron chi connectivity index (χ1n) is 6.11. The zero-order valence-electron chi connectivity index (χ0n) is 11.9. The highest BCUT2D eigenvalue weighted by molar-refractivity contribution is 5.23. The molecule has 20 heavy (non-hydrogen) atoms. The Balaban J connectivity index is 2.98. The van der Waals surface area contributed by atoms with E-state index in [0.29, 0.717) is 13.2 Å². The fourth-order valence-electron chi connectivity index (χ4n) is 1.67. The van der Waals surface area contributed by atoms with Crippen molar-refractivity contribution in [3.05, 3.63) is 22.7 Å². The van der Waals surface area contributed by atoms with Crippen molar-refractivity contribution in [2.75, 3.05) is 46.9 Å².